The minimum Gasteiger partial charge on any atom is -0.214 e. The highest BCUT2D eigenvalue weighted by Crippen LogP contribution is 2.29. The van der Waals surface area contributed by atoms with Gasteiger partial charge in [0.1, 0.15) is 0 Å². The minimum absolute atomic E-state index is 0.276. The highest BCUT2D eigenvalue weighted by atomic mass is 79.9. The summed E-state index contributed by atoms with van der Waals surface area (Å²) in [6.45, 7) is 2.17. The number of benzene rings is 2. The average molecular weight is 382 g/mol. The highest BCUT2D eigenvalue weighted by Gasteiger charge is 2.16. The van der Waals surface area contributed by atoms with E-state index in [0.29, 0.717) is 5.92 Å². The van der Waals surface area contributed by atoms with Gasteiger partial charge in [-0.1, -0.05) is 59.3 Å². The molecule has 0 radical (unpaired) electrons. The van der Waals surface area contributed by atoms with Gasteiger partial charge in [0.25, 0.3) is 0 Å². The summed E-state index contributed by atoms with van der Waals surface area (Å²) in [5, 5.41) is 0. The van der Waals surface area contributed by atoms with E-state index in [1.165, 1.54) is 12.6 Å². The van der Waals surface area contributed by atoms with Crippen LogP contribution in [0.5, 0.6) is 0 Å². The molecule has 0 fully saturated rings. The molecule has 118 valence electrons. The fourth-order valence-corrected chi connectivity index (χ4v) is 3.92. The van der Waals surface area contributed by atoms with Crippen LogP contribution < -0.4 is 4.72 Å². The minimum atomic E-state index is -3.40. The predicted molar refractivity (Wildman–Crippen MR) is 93.6 cm³/mol. The molecule has 0 spiro atoms. The van der Waals surface area contributed by atoms with E-state index in [1.54, 1.807) is 12.1 Å². The topological polar surface area (TPSA) is 46.2 Å². The second-order valence-corrected chi connectivity index (χ2v) is 7.92. The van der Waals surface area contributed by atoms with Gasteiger partial charge in [0.2, 0.25) is 10.0 Å². The van der Waals surface area contributed by atoms with E-state index in [4.69, 9.17) is 0 Å². The number of nitrogens with one attached hydrogen (secondary N) is 1. The maximum absolute atomic E-state index is 11.8. The van der Waals surface area contributed by atoms with Crippen molar-refractivity contribution in [2.24, 2.45) is 0 Å². The molecule has 2 aromatic carbocycles. The van der Waals surface area contributed by atoms with Gasteiger partial charge >= 0.3 is 0 Å². The Morgan fingerprint density at radius 3 is 2.36 bits per heavy atom. The Balaban J connectivity index is 2.27. The Bertz CT molecular complexity index is 730. The molecule has 1 atom stereocenters. The monoisotopic (exact) mass is 381 g/mol. The molecule has 0 saturated carbocycles. The zero-order chi connectivity index (χ0) is 16.2. The molecular formula is C17H20BrNO2S. The molecular weight excluding hydrogens is 362 g/mol. The first-order valence-electron chi connectivity index (χ1n) is 7.25. The molecule has 0 heterocycles. The van der Waals surface area contributed by atoms with Crippen molar-refractivity contribution >= 4 is 26.0 Å². The van der Waals surface area contributed by atoms with Gasteiger partial charge in [-0.2, -0.15) is 0 Å². The third-order valence-electron chi connectivity index (χ3n) is 3.83. The van der Waals surface area contributed by atoms with E-state index in [1.807, 2.05) is 12.1 Å². The molecule has 0 aromatic heterocycles. The number of hydrogen-bond acceptors (Lipinski definition) is 2. The second kappa shape index (κ2) is 7.40. The number of hydrogen-bond donors (Lipinski definition) is 1. The molecule has 1 N–H and O–H groups in total. The Morgan fingerprint density at radius 1 is 1.14 bits per heavy atom. The number of sulfonamides is 1. The van der Waals surface area contributed by atoms with Crippen LogP contribution in [-0.4, -0.2) is 15.5 Å². The zero-order valence-electron chi connectivity index (χ0n) is 12.7. The maximum atomic E-state index is 11.8. The lowest BCUT2D eigenvalue weighted by molar-refractivity contribution is 0.588. The van der Waals surface area contributed by atoms with Crippen molar-refractivity contribution in [2.45, 2.75) is 30.6 Å². The van der Waals surface area contributed by atoms with Crippen LogP contribution in [0.2, 0.25) is 0 Å². The molecule has 22 heavy (non-hydrogen) atoms. The van der Waals surface area contributed by atoms with Gasteiger partial charge in [-0.25, -0.2) is 13.1 Å². The predicted octanol–water partition coefficient (Wildman–Crippen LogP) is 4.09. The van der Waals surface area contributed by atoms with E-state index in [0.717, 1.165) is 22.9 Å². The van der Waals surface area contributed by atoms with Crippen LogP contribution in [0.15, 0.2) is 57.9 Å². The lowest BCUT2D eigenvalue weighted by Gasteiger charge is -2.17. The van der Waals surface area contributed by atoms with Crippen LogP contribution in [0.1, 0.15) is 30.4 Å². The van der Waals surface area contributed by atoms with Gasteiger partial charge in [0, 0.05) is 4.47 Å². The van der Waals surface area contributed by atoms with E-state index in [9.17, 15) is 8.42 Å². The standard InChI is InChI=1S/C17H20BrNO2S/c1-3-13(14-7-5-4-6-8-14)11-15-9-10-16(12-17(15)18)22(20,21)19-2/h4-10,12-13,19H,3,11H2,1-2H3/t13-/m1/s1. The lowest BCUT2D eigenvalue weighted by Crippen LogP contribution is -2.18. The van der Waals surface area contributed by atoms with Crippen LogP contribution in [0.25, 0.3) is 0 Å². The Morgan fingerprint density at radius 2 is 1.82 bits per heavy atom. The molecule has 5 heteroatoms. The van der Waals surface area contributed by atoms with Crippen LogP contribution >= 0.6 is 15.9 Å². The molecule has 0 bridgehead atoms. The summed E-state index contributed by atoms with van der Waals surface area (Å²) in [5.74, 6) is 0.421. The van der Waals surface area contributed by atoms with E-state index in [-0.39, 0.29) is 4.90 Å². The molecule has 0 amide bonds. The summed E-state index contributed by atoms with van der Waals surface area (Å²) in [7, 11) is -1.99. The summed E-state index contributed by atoms with van der Waals surface area (Å²) in [5.41, 5.74) is 2.43. The molecule has 0 aliphatic rings. The van der Waals surface area contributed by atoms with Crippen LogP contribution in [-0.2, 0) is 16.4 Å². The van der Waals surface area contributed by atoms with Gasteiger partial charge in [-0.15, -0.1) is 0 Å². The maximum Gasteiger partial charge on any atom is 0.240 e. The Hall–Kier alpha value is -1.17. The van der Waals surface area contributed by atoms with Crippen molar-refractivity contribution in [3.63, 3.8) is 0 Å². The third-order valence-corrected chi connectivity index (χ3v) is 5.98. The summed E-state index contributed by atoms with van der Waals surface area (Å²) in [4.78, 5) is 0.276. The van der Waals surface area contributed by atoms with Crippen molar-refractivity contribution in [1.82, 2.24) is 4.72 Å². The van der Waals surface area contributed by atoms with Crippen molar-refractivity contribution in [2.75, 3.05) is 7.05 Å². The zero-order valence-corrected chi connectivity index (χ0v) is 15.1. The lowest BCUT2D eigenvalue weighted by atomic mass is 9.90. The molecule has 0 aliphatic heterocycles. The van der Waals surface area contributed by atoms with E-state index in [2.05, 4.69) is 51.8 Å². The quantitative estimate of drug-likeness (QED) is 0.818. The fraction of sp³-hybridized carbons (Fsp3) is 0.294. The summed E-state index contributed by atoms with van der Waals surface area (Å²) < 4.78 is 26.8. The largest absolute Gasteiger partial charge is 0.240 e. The summed E-state index contributed by atoms with van der Waals surface area (Å²) >= 11 is 3.51. The van der Waals surface area contributed by atoms with E-state index >= 15 is 0 Å². The second-order valence-electron chi connectivity index (χ2n) is 5.18. The first-order chi connectivity index (χ1) is 10.5. The molecule has 3 nitrogen and oxygen atoms in total. The van der Waals surface area contributed by atoms with Gasteiger partial charge in [-0.3, -0.25) is 0 Å². The van der Waals surface area contributed by atoms with Crippen LogP contribution in [0.4, 0.5) is 0 Å². The average Bonchev–Trinajstić information content (AvgIpc) is 2.54. The number of halogens is 1. The fourth-order valence-electron chi connectivity index (χ4n) is 2.47. The van der Waals surface area contributed by atoms with Gasteiger partial charge in [-0.05, 0) is 49.1 Å². The van der Waals surface area contributed by atoms with Gasteiger partial charge in [0.05, 0.1) is 4.90 Å². The first-order valence-corrected chi connectivity index (χ1v) is 9.52. The number of rotatable bonds is 6. The van der Waals surface area contributed by atoms with Crippen molar-refractivity contribution in [1.29, 1.82) is 0 Å². The van der Waals surface area contributed by atoms with Crippen molar-refractivity contribution < 1.29 is 8.42 Å². The molecule has 2 aromatic rings. The SMILES string of the molecule is CC[C@H](Cc1ccc(S(=O)(=O)NC)cc1Br)c1ccccc1. The van der Waals surface area contributed by atoms with Gasteiger partial charge < -0.3 is 0 Å². The normalized spacial score (nSPS) is 13.0. The third kappa shape index (κ3) is 3.97. The molecule has 2 rings (SSSR count). The van der Waals surface area contributed by atoms with Crippen LogP contribution in [0.3, 0.4) is 0 Å². The van der Waals surface area contributed by atoms with Gasteiger partial charge in [0.15, 0.2) is 0 Å². The van der Waals surface area contributed by atoms with Crippen molar-refractivity contribution in [3.8, 4) is 0 Å². The molecule has 0 aliphatic carbocycles. The highest BCUT2D eigenvalue weighted by molar-refractivity contribution is 9.10. The van der Waals surface area contributed by atoms with E-state index < -0.39 is 10.0 Å². The molecule has 0 unspecified atom stereocenters. The summed E-state index contributed by atoms with van der Waals surface area (Å²) in [6, 6.07) is 15.6. The summed E-state index contributed by atoms with van der Waals surface area (Å²) in [6.07, 6.45) is 1.91. The Labute approximate surface area is 140 Å². The van der Waals surface area contributed by atoms with Crippen LogP contribution in [0, 0.1) is 0 Å². The first kappa shape index (κ1) is 17.2. The smallest absolute Gasteiger partial charge is 0.214 e. The van der Waals surface area contributed by atoms with Crippen molar-refractivity contribution in [3.05, 3.63) is 64.1 Å². The Kier molecular flexibility index (Phi) is 5.78. The molecule has 0 saturated heterocycles.